The Labute approximate surface area is 104 Å². The molecule has 1 aromatic carbocycles. The predicted octanol–water partition coefficient (Wildman–Crippen LogP) is 0.768. The van der Waals surface area contributed by atoms with Gasteiger partial charge in [-0.2, -0.15) is 0 Å². The van der Waals surface area contributed by atoms with Gasteiger partial charge in [0.2, 0.25) is 6.79 Å². The number of hydrogen-bond acceptors (Lipinski definition) is 6. The minimum atomic E-state index is -1.42. The molecule has 1 atom stereocenters. The molecule has 1 aliphatic heterocycles. The summed E-state index contributed by atoms with van der Waals surface area (Å²) in [5, 5.41) is 10.00. The van der Waals surface area contributed by atoms with Crippen LogP contribution < -0.4 is 9.47 Å². The molecule has 0 spiro atoms. The van der Waals surface area contributed by atoms with Gasteiger partial charge in [-0.15, -0.1) is 0 Å². The van der Waals surface area contributed by atoms with Crippen molar-refractivity contribution in [1.82, 2.24) is 0 Å². The summed E-state index contributed by atoms with van der Waals surface area (Å²) in [6.45, 7) is 0.312. The normalized spacial score (nSPS) is 14.4. The van der Waals surface area contributed by atoms with Crippen molar-refractivity contribution in [1.29, 1.82) is 0 Å². The minimum absolute atomic E-state index is 0.0622. The van der Waals surface area contributed by atoms with Crippen LogP contribution >= 0.6 is 0 Å². The molecule has 0 saturated heterocycles. The fraction of sp³-hybridized carbons (Fsp3) is 0.417. The van der Waals surface area contributed by atoms with Gasteiger partial charge in [0.1, 0.15) is 0 Å². The molecular weight excluding hydrogens is 240 g/mol. The highest BCUT2D eigenvalue weighted by Crippen LogP contribution is 2.41. The number of methoxy groups -OCH3 is 2. The monoisotopic (exact) mass is 254 g/mol. The molecule has 0 fully saturated rings. The maximum atomic E-state index is 11.5. The Morgan fingerprint density at radius 2 is 2.22 bits per heavy atom. The molecule has 0 amide bonds. The van der Waals surface area contributed by atoms with Crippen LogP contribution in [0.5, 0.6) is 11.5 Å². The first kappa shape index (κ1) is 12.7. The molecule has 1 N–H and O–H groups in total. The van der Waals surface area contributed by atoms with Crippen LogP contribution in [0.25, 0.3) is 0 Å². The number of esters is 1. The van der Waals surface area contributed by atoms with Gasteiger partial charge in [-0.1, -0.05) is 6.07 Å². The first-order valence-corrected chi connectivity index (χ1v) is 5.35. The van der Waals surface area contributed by atoms with Crippen molar-refractivity contribution >= 4 is 5.97 Å². The fourth-order valence-electron chi connectivity index (χ4n) is 1.85. The van der Waals surface area contributed by atoms with Gasteiger partial charge in [0.15, 0.2) is 17.6 Å². The largest absolute Gasteiger partial charge is 0.467 e. The van der Waals surface area contributed by atoms with Crippen molar-refractivity contribution in [2.45, 2.75) is 12.7 Å². The smallest absolute Gasteiger partial charge is 0.339 e. The van der Waals surface area contributed by atoms with Crippen LogP contribution in [-0.2, 0) is 20.9 Å². The number of hydrogen-bond donors (Lipinski definition) is 1. The third-order valence-electron chi connectivity index (χ3n) is 2.67. The molecule has 0 saturated carbocycles. The number of aliphatic hydroxyl groups is 1. The van der Waals surface area contributed by atoms with E-state index in [-0.39, 0.29) is 13.4 Å². The quantitative estimate of drug-likeness (QED) is 0.800. The SMILES string of the molecule is COCc1ccc2c(c1C(O)C(=O)OC)OCO2. The maximum absolute atomic E-state index is 11.5. The molecule has 18 heavy (non-hydrogen) atoms. The van der Waals surface area contributed by atoms with Gasteiger partial charge in [-0.3, -0.25) is 0 Å². The van der Waals surface area contributed by atoms with E-state index in [1.165, 1.54) is 14.2 Å². The van der Waals surface area contributed by atoms with Crippen LogP contribution in [0.1, 0.15) is 17.2 Å². The number of carbonyl (C=O) groups is 1. The lowest BCUT2D eigenvalue weighted by molar-refractivity contribution is -0.150. The number of rotatable bonds is 4. The molecule has 1 heterocycles. The molecule has 0 aromatic heterocycles. The van der Waals surface area contributed by atoms with Gasteiger partial charge in [-0.05, 0) is 11.6 Å². The minimum Gasteiger partial charge on any atom is -0.467 e. The van der Waals surface area contributed by atoms with Crippen molar-refractivity contribution in [3.63, 3.8) is 0 Å². The number of aliphatic hydroxyl groups excluding tert-OH is 1. The van der Waals surface area contributed by atoms with Crippen molar-refractivity contribution < 1.29 is 28.8 Å². The Morgan fingerprint density at radius 3 is 2.89 bits per heavy atom. The van der Waals surface area contributed by atoms with Crippen molar-refractivity contribution in [2.75, 3.05) is 21.0 Å². The second-order valence-electron chi connectivity index (χ2n) is 3.73. The summed E-state index contributed by atoms with van der Waals surface area (Å²) in [6, 6.07) is 3.43. The van der Waals surface area contributed by atoms with Crippen LogP contribution in [-0.4, -0.2) is 32.1 Å². The average molecular weight is 254 g/mol. The first-order valence-electron chi connectivity index (χ1n) is 5.35. The lowest BCUT2D eigenvalue weighted by Gasteiger charge is -2.15. The summed E-state index contributed by atoms with van der Waals surface area (Å²) in [4.78, 5) is 11.5. The Hall–Kier alpha value is -1.79. The third kappa shape index (κ3) is 2.12. The van der Waals surface area contributed by atoms with E-state index in [0.717, 1.165) is 0 Å². The summed E-state index contributed by atoms with van der Waals surface area (Å²) in [5.41, 5.74) is 0.985. The summed E-state index contributed by atoms with van der Waals surface area (Å²) < 4.78 is 20.1. The molecular formula is C12H14O6. The van der Waals surface area contributed by atoms with Crippen LogP contribution in [0.3, 0.4) is 0 Å². The molecule has 98 valence electrons. The highest BCUT2D eigenvalue weighted by Gasteiger charge is 2.30. The molecule has 0 radical (unpaired) electrons. The van der Waals surface area contributed by atoms with E-state index in [0.29, 0.717) is 22.6 Å². The number of fused-ring (bicyclic) bond motifs is 1. The summed E-state index contributed by atoms with van der Waals surface area (Å²) in [7, 11) is 2.74. The summed E-state index contributed by atoms with van der Waals surface area (Å²) >= 11 is 0. The highest BCUT2D eigenvalue weighted by molar-refractivity contribution is 5.78. The van der Waals surface area contributed by atoms with Gasteiger partial charge in [-0.25, -0.2) is 4.79 Å². The lowest BCUT2D eigenvalue weighted by Crippen LogP contribution is -2.16. The number of benzene rings is 1. The standard InChI is InChI=1S/C12H14O6/c1-15-5-7-3-4-8-11(18-6-17-8)9(7)10(13)12(14)16-2/h3-4,10,13H,5-6H2,1-2H3. The van der Waals surface area contributed by atoms with Crippen LogP contribution in [0.2, 0.25) is 0 Å². The Bertz CT molecular complexity index is 456. The Kier molecular flexibility index (Phi) is 3.69. The van der Waals surface area contributed by atoms with Crippen molar-refractivity contribution in [3.05, 3.63) is 23.3 Å². The second-order valence-corrected chi connectivity index (χ2v) is 3.73. The number of carbonyl (C=O) groups excluding carboxylic acids is 1. The number of ether oxygens (including phenoxy) is 4. The van der Waals surface area contributed by atoms with E-state index in [1.807, 2.05) is 0 Å². The zero-order valence-electron chi connectivity index (χ0n) is 10.1. The molecule has 0 aliphatic carbocycles. The van der Waals surface area contributed by atoms with E-state index in [1.54, 1.807) is 12.1 Å². The van der Waals surface area contributed by atoms with Gasteiger partial charge < -0.3 is 24.1 Å². The fourth-order valence-corrected chi connectivity index (χ4v) is 1.85. The topological polar surface area (TPSA) is 74.2 Å². The molecule has 6 heteroatoms. The second kappa shape index (κ2) is 5.24. The lowest BCUT2D eigenvalue weighted by atomic mass is 10.0. The Morgan fingerprint density at radius 1 is 1.44 bits per heavy atom. The van der Waals surface area contributed by atoms with E-state index < -0.39 is 12.1 Å². The van der Waals surface area contributed by atoms with Gasteiger partial charge in [0, 0.05) is 12.7 Å². The summed E-state index contributed by atoms with van der Waals surface area (Å²) in [6.07, 6.45) is -1.42. The van der Waals surface area contributed by atoms with Crippen molar-refractivity contribution in [2.24, 2.45) is 0 Å². The van der Waals surface area contributed by atoms with E-state index >= 15 is 0 Å². The first-order chi connectivity index (χ1) is 8.69. The average Bonchev–Trinajstić information content (AvgIpc) is 2.85. The molecule has 6 nitrogen and oxygen atoms in total. The maximum Gasteiger partial charge on any atom is 0.339 e. The van der Waals surface area contributed by atoms with Crippen molar-refractivity contribution in [3.8, 4) is 11.5 Å². The molecule has 1 aliphatic rings. The molecule has 1 unspecified atom stereocenters. The molecule has 1 aromatic rings. The third-order valence-corrected chi connectivity index (χ3v) is 2.67. The van der Waals surface area contributed by atoms with Crippen LogP contribution in [0, 0.1) is 0 Å². The zero-order valence-corrected chi connectivity index (χ0v) is 10.1. The summed E-state index contributed by atoms with van der Waals surface area (Å²) in [5.74, 6) is 0.103. The zero-order chi connectivity index (χ0) is 13.1. The molecule has 2 rings (SSSR count). The predicted molar refractivity (Wildman–Crippen MR) is 60.3 cm³/mol. The highest BCUT2D eigenvalue weighted by atomic mass is 16.7. The van der Waals surface area contributed by atoms with E-state index in [2.05, 4.69) is 4.74 Å². The van der Waals surface area contributed by atoms with Gasteiger partial charge in [0.05, 0.1) is 13.7 Å². The van der Waals surface area contributed by atoms with Gasteiger partial charge >= 0.3 is 5.97 Å². The van der Waals surface area contributed by atoms with Gasteiger partial charge in [0.25, 0.3) is 0 Å². The van der Waals surface area contributed by atoms with Crippen LogP contribution in [0.4, 0.5) is 0 Å². The van der Waals surface area contributed by atoms with E-state index in [4.69, 9.17) is 14.2 Å². The van der Waals surface area contributed by atoms with Crippen LogP contribution in [0.15, 0.2) is 12.1 Å². The van der Waals surface area contributed by atoms with E-state index in [9.17, 15) is 9.90 Å². The Balaban J connectivity index is 2.47. The molecule has 0 bridgehead atoms.